The second-order valence-corrected chi connectivity index (χ2v) is 8.52. The van der Waals surface area contributed by atoms with Gasteiger partial charge in [0.05, 0.1) is 4.90 Å². The minimum Gasteiger partial charge on any atom is -0.435 e. The Morgan fingerprint density at radius 2 is 1.56 bits per heavy atom. The highest BCUT2D eigenvalue weighted by atomic mass is 32.2. The van der Waals surface area contributed by atoms with Crippen molar-refractivity contribution in [3.63, 3.8) is 0 Å². The van der Waals surface area contributed by atoms with Gasteiger partial charge in [-0.3, -0.25) is 0 Å². The number of halogens is 2. The summed E-state index contributed by atoms with van der Waals surface area (Å²) in [6.07, 6.45) is 5.42. The van der Waals surface area contributed by atoms with E-state index in [4.69, 9.17) is 0 Å². The molecule has 0 spiro atoms. The number of nitrogens with zero attached hydrogens (tertiary/aromatic N) is 2. The third-order valence-corrected chi connectivity index (χ3v) is 6.93. The van der Waals surface area contributed by atoms with Crippen LogP contribution in [0.5, 0.6) is 5.75 Å². The maximum atomic E-state index is 12.7. The predicted octanol–water partition coefficient (Wildman–Crippen LogP) is 2.93. The highest BCUT2D eigenvalue weighted by Crippen LogP contribution is 2.26. The van der Waals surface area contributed by atoms with Crippen molar-refractivity contribution in [2.24, 2.45) is 0 Å². The normalized spacial score (nSPS) is 21.6. The summed E-state index contributed by atoms with van der Waals surface area (Å²) in [5, 5.41) is 0. The number of benzene rings is 1. The molecule has 8 heteroatoms. The molecule has 3 rings (SSSR count). The number of likely N-dealkylation sites (tertiary alicyclic amines) is 1. The molecule has 0 atom stereocenters. The molecule has 0 aromatic heterocycles. The smallest absolute Gasteiger partial charge is 0.387 e. The van der Waals surface area contributed by atoms with Gasteiger partial charge in [-0.05, 0) is 63.0 Å². The maximum Gasteiger partial charge on any atom is 0.387 e. The van der Waals surface area contributed by atoms with Crippen molar-refractivity contribution in [3.8, 4) is 5.75 Å². The lowest BCUT2D eigenvalue weighted by molar-refractivity contribution is -0.0498. The molecule has 0 amide bonds. The van der Waals surface area contributed by atoms with Gasteiger partial charge >= 0.3 is 6.61 Å². The lowest BCUT2D eigenvalue weighted by Crippen LogP contribution is -2.48. The first-order chi connectivity index (χ1) is 12.0. The van der Waals surface area contributed by atoms with Crippen LogP contribution in [-0.4, -0.2) is 56.5 Å². The van der Waals surface area contributed by atoms with Crippen LogP contribution in [0.1, 0.15) is 32.1 Å². The van der Waals surface area contributed by atoms with Gasteiger partial charge in [0, 0.05) is 19.1 Å². The van der Waals surface area contributed by atoms with Gasteiger partial charge in [-0.2, -0.15) is 13.1 Å². The average Bonchev–Trinajstić information content (AvgIpc) is 2.62. The van der Waals surface area contributed by atoms with E-state index in [0.717, 1.165) is 25.9 Å². The summed E-state index contributed by atoms with van der Waals surface area (Å²) in [5.74, 6) is -0.0437. The second kappa shape index (κ2) is 7.97. The highest BCUT2D eigenvalue weighted by molar-refractivity contribution is 7.89. The van der Waals surface area contributed by atoms with Crippen molar-refractivity contribution in [2.75, 3.05) is 26.2 Å². The van der Waals surface area contributed by atoms with E-state index in [9.17, 15) is 17.2 Å². The molecule has 140 valence electrons. The number of ether oxygens (including phenoxy) is 1. The fourth-order valence-electron chi connectivity index (χ4n) is 3.67. The minimum atomic E-state index is -3.59. The molecule has 0 unspecified atom stereocenters. The Bertz CT molecular complexity index is 653. The summed E-state index contributed by atoms with van der Waals surface area (Å²) < 4.78 is 55.6. The molecule has 0 N–H and O–H groups in total. The van der Waals surface area contributed by atoms with E-state index >= 15 is 0 Å². The topological polar surface area (TPSA) is 49.9 Å². The van der Waals surface area contributed by atoms with Crippen molar-refractivity contribution >= 4 is 10.0 Å². The molecule has 0 aliphatic carbocycles. The van der Waals surface area contributed by atoms with E-state index < -0.39 is 16.6 Å². The molecule has 0 radical (unpaired) electrons. The Balaban J connectivity index is 1.61. The number of rotatable bonds is 5. The molecule has 2 aliphatic rings. The zero-order chi connectivity index (χ0) is 17.9. The van der Waals surface area contributed by atoms with Gasteiger partial charge in [0.2, 0.25) is 10.0 Å². The Labute approximate surface area is 147 Å². The fourth-order valence-corrected chi connectivity index (χ4v) is 5.14. The van der Waals surface area contributed by atoms with E-state index in [1.807, 2.05) is 0 Å². The summed E-state index contributed by atoms with van der Waals surface area (Å²) in [4.78, 5) is 2.61. The Kier molecular flexibility index (Phi) is 5.91. The van der Waals surface area contributed by atoms with E-state index in [2.05, 4.69) is 9.64 Å². The lowest BCUT2D eigenvalue weighted by atomic mass is 10.0. The minimum absolute atomic E-state index is 0.0437. The fraction of sp³-hybridized carbons (Fsp3) is 0.647. The van der Waals surface area contributed by atoms with Gasteiger partial charge in [0.1, 0.15) is 5.75 Å². The zero-order valence-corrected chi connectivity index (χ0v) is 14.9. The monoisotopic (exact) mass is 374 g/mol. The molecule has 0 saturated carbocycles. The van der Waals surface area contributed by atoms with Gasteiger partial charge in [-0.25, -0.2) is 8.42 Å². The van der Waals surface area contributed by atoms with Crippen LogP contribution < -0.4 is 4.74 Å². The van der Waals surface area contributed by atoms with Crippen LogP contribution in [0.25, 0.3) is 0 Å². The molecule has 1 aromatic rings. The number of sulfonamides is 1. The van der Waals surface area contributed by atoms with E-state index in [1.165, 1.54) is 47.8 Å². The molecule has 2 heterocycles. The maximum absolute atomic E-state index is 12.7. The number of hydrogen-bond donors (Lipinski definition) is 0. The zero-order valence-electron chi connectivity index (χ0n) is 14.1. The van der Waals surface area contributed by atoms with Crippen molar-refractivity contribution in [3.05, 3.63) is 24.3 Å². The van der Waals surface area contributed by atoms with Crippen LogP contribution in [0.4, 0.5) is 8.78 Å². The molecular formula is C17H24F2N2O3S. The number of piperidine rings is 2. The van der Waals surface area contributed by atoms with Crippen LogP contribution in [0.2, 0.25) is 0 Å². The third-order valence-electron chi connectivity index (χ3n) is 5.02. The van der Waals surface area contributed by atoms with E-state index in [0.29, 0.717) is 19.1 Å². The average molecular weight is 374 g/mol. The van der Waals surface area contributed by atoms with Crippen LogP contribution in [0.3, 0.4) is 0 Å². The van der Waals surface area contributed by atoms with E-state index in [-0.39, 0.29) is 10.6 Å². The van der Waals surface area contributed by atoms with Gasteiger partial charge in [0.15, 0.2) is 0 Å². The summed E-state index contributed by atoms with van der Waals surface area (Å²) in [5.41, 5.74) is 0. The predicted molar refractivity (Wildman–Crippen MR) is 90.3 cm³/mol. The molecule has 25 heavy (non-hydrogen) atoms. The molecule has 0 bridgehead atoms. The Hall–Kier alpha value is -1.25. The molecule has 2 saturated heterocycles. The van der Waals surface area contributed by atoms with Crippen LogP contribution in [0.15, 0.2) is 29.2 Å². The van der Waals surface area contributed by atoms with Crippen molar-refractivity contribution in [2.45, 2.75) is 49.7 Å². The summed E-state index contributed by atoms with van der Waals surface area (Å²) >= 11 is 0. The summed E-state index contributed by atoms with van der Waals surface area (Å²) in [6, 6.07) is 5.64. The van der Waals surface area contributed by atoms with Crippen LogP contribution in [0, 0.1) is 0 Å². The highest BCUT2D eigenvalue weighted by Gasteiger charge is 2.32. The summed E-state index contributed by atoms with van der Waals surface area (Å²) in [7, 11) is -3.59. The molecular weight excluding hydrogens is 350 g/mol. The molecule has 2 fully saturated rings. The largest absolute Gasteiger partial charge is 0.435 e. The van der Waals surface area contributed by atoms with Crippen LogP contribution >= 0.6 is 0 Å². The van der Waals surface area contributed by atoms with Crippen LogP contribution in [-0.2, 0) is 10.0 Å². The Morgan fingerprint density at radius 1 is 0.960 bits per heavy atom. The molecule has 5 nitrogen and oxygen atoms in total. The molecule has 1 aromatic carbocycles. The summed E-state index contributed by atoms with van der Waals surface area (Å²) in [6.45, 7) is 0.306. The van der Waals surface area contributed by atoms with Gasteiger partial charge in [-0.15, -0.1) is 0 Å². The van der Waals surface area contributed by atoms with Gasteiger partial charge in [-0.1, -0.05) is 6.42 Å². The Morgan fingerprint density at radius 3 is 2.12 bits per heavy atom. The van der Waals surface area contributed by atoms with Crippen molar-refractivity contribution in [1.29, 1.82) is 0 Å². The van der Waals surface area contributed by atoms with E-state index in [1.54, 1.807) is 0 Å². The molecule has 2 aliphatic heterocycles. The quantitative estimate of drug-likeness (QED) is 0.795. The van der Waals surface area contributed by atoms with Crippen molar-refractivity contribution < 1.29 is 21.9 Å². The lowest BCUT2D eigenvalue weighted by Gasteiger charge is -2.39. The first-order valence-electron chi connectivity index (χ1n) is 8.76. The number of alkyl halides is 2. The third kappa shape index (κ3) is 4.48. The first kappa shape index (κ1) is 18.5. The first-order valence-corrected chi connectivity index (χ1v) is 10.2. The standard InChI is InChI=1S/C17H24F2N2O3S/c18-17(19)24-15-4-6-16(7-5-15)25(22,23)21-12-8-14(9-13-21)20-10-2-1-3-11-20/h4-7,14,17H,1-3,8-13H2. The SMILES string of the molecule is O=S(=O)(c1ccc(OC(F)F)cc1)N1CCC(N2CCCCC2)CC1. The van der Waals surface area contributed by atoms with Gasteiger partial charge in [0.25, 0.3) is 0 Å². The van der Waals surface area contributed by atoms with Crippen molar-refractivity contribution in [1.82, 2.24) is 9.21 Å². The number of hydrogen-bond acceptors (Lipinski definition) is 4. The second-order valence-electron chi connectivity index (χ2n) is 6.58. The van der Waals surface area contributed by atoms with Gasteiger partial charge < -0.3 is 9.64 Å².